The first-order valence-electron chi connectivity index (χ1n) is 5.81. The monoisotopic (exact) mass is 292 g/mol. The van der Waals surface area contributed by atoms with E-state index in [9.17, 15) is 9.59 Å². The van der Waals surface area contributed by atoms with Gasteiger partial charge in [-0.2, -0.15) is 0 Å². The second-order valence-corrected chi connectivity index (χ2v) is 5.02. The number of amides is 1. The summed E-state index contributed by atoms with van der Waals surface area (Å²) in [6, 6.07) is 0. The quantitative estimate of drug-likeness (QED) is 0.848. The normalized spacial score (nSPS) is 10.2. The average molecular weight is 292 g/mol. The first kappa shape index (κ1) is 14.1. The van der Waals surface area contributed by atoms with E-state index in [4.69, 9.17) is 5.11 Å². The minimum absolute atomic E-state index is 0.0875. The van der Waals surface area contributed by atoms with Gasteiger partial charge in [-0.25, -0.2) is 19.7 Å². The average Bonchev–Trinajstić information content (AvgIpc) is 2.84. The number of aryl methyl sites for hydroxylation is 1. The molecule has 0 bridgehead atoms. The number of carboxylic acid groups (broad SMARTS) is 1. The SMILES string of the molecule is Cc1nc(CCNC(=O)c2cnc(C(=O)O)cn2)cs1. The molecule has 8 heteroatoms. The third kappa shape index (κ3) is 3.58. The summed E-state index contributed by atoms with van der Waals surface area (Å²) in [6.07, 6.45) is 2.84. The van der Waals surface area contributed by atoms with Crippen LogP contribution in [0.4, 0.5) is 0 Å². The number of nitrogens with one attached hydrogen (secondary N) is 1. The van der Waals surface area contributed by atoms with Crippen molar-refractivity contribution in [2.75, 3.05) is 6.54 Å². The van der Waals surface area contributed by atoms with Crippen molar-refractivity contribution in [1.82, 2.24) is 20.3 Å². The van der Waals surface area contributed by atoms with Crippen molar-refractivity contribution >= 4 is 23.2 Å². The van der Waals surface area contributed by atoms with Gasteiger partial charge in [0.25, 0.3) is 5.91 Å². The number of aromatic carboxylic acids is 1. The number of carbonyl (C=O) groups is 2. The Hall–Kier alpha value is -2.35. The Morgan fingerprint density at radius 3 is 2.55 bits per heavy atom. The van der Waals surface area contributed by atoms with Crippen LogP contribution in [-0.2, 0) is 6.42 Å². The molecule has 7 nitrogen and oxygen atoms in total. The molecule has 0 saturated carbocycles. The molecular formula is C12H12N4O3S. The van der Waals surface area contributed by atoms with Crippen LogP contribution in [-0.4, -0.2) is 38.5 Å². The van der Waals surface area contributed by atoms with Gasteiger partial charge >= 0.3 is 5.97 Å². The Bertz CT molecular complexity index is 624. The molecule has 0 spiro atoms. The largest absolute Gasteiger partial charge is 0.476 e. The fraction of sp³-hybridized carbons (Fsp3) is 0.250. The number of aromatic nitrogens is 3. The number of hydrogen-bond donors (Lipinski definition) is 2. The number of nitrogens with zero attached hydrogens (tertiary/aromatic N) is 3. The molecule has 20 heavy (non-hydrogen) atoms. The summed E-state index contributed by atoms with van der Waals surface area (Å²) in [6.45, 7) is 2.36. The van der Waals surface area contributed by atoms with E-state index >= 15 is 0 Å². The number of rotatable bonds is 5. The van der Waals surface area contributed by atoms with Crippen molar-refractivity contribution in [1.29, 1.82) is 0 Å². The van der Waals surface area contributed by atoms with Gasteiger partial charge in [0.2, 0.25) is 0 Å². The smallest absolute Gasteiger partial charge is 0.356 e. The second-order valence-electron chi connectivity index (χ2n) is 3.96. The molecule has 1 amide bonds. The van der Waals surface area contributed by atoms with Crippen molar-refractivity contribution in [3.63, 3.8) is 0 Å². The van der Waals surface area contributed by atoms with Crippen LogP contribution in [0, 0.1) is 6.92 Å². The lowest BCUT2D eigenvalue weighted by Gasteiger charge is -2.03. The Morgan fingerprint density at radius 2 is 2.00 bits per heavy atom. The zero-order chi connectivity index (χ0) is 14.5. The third-order valence-corrected chi connectivity index (χ3v) is 3.26. The van der Waals surface area contributed by atoms with Crippen LogP contribution in [0.1, 0.15) is 31.7 Å². The maximum Gasteiger partial charge on any atom is 0.356 e. The van der Waals surface area contributed by atoms with Gasteiger partial charge in [-0.05, 0) is 6.92 Å². The maximum atomic E-state index is 11.7. The molecule has 0 radical (unpaired) electrons. The van der Waals surface area contributed by atoms with Gasteiger partial charge in [0, 0.05) is 18.3 Å². The second kappa shape index (κ2) is 6.20. The molecule has 0 aliphatic rings. The Labute approximate surface area is 118 Å². The van der Waals surface area contributed by atoms with E-state index < -0.39 is 5.97 Å². The van der Waals surface area contributed by atoms with E-state index in [2.05, 4.69) is 20.3 Å². The van der Waals surface area contributed by atoms with Crippen LogP contribution in [0.2, 0.25) is 0 Å². The van der Waals surface area contributed by atoms with Crippen LogP contribution < -0.4 is 5.32 Å². The molecule has 0 unspecified atom stereocenters. The van der Waals surface area contributed by atoms with E-state index in [0.717, 1.165) is 23.1 Å². The molecule has 0 fully saturated rings. The number of carbonyl (C=O) groups excluding carboxylic acids is 1. The molecule has 2 N–H and O–H groups in total. The number of thiazole rings is 1. The van der Waals surface area contributed by atoms with Gasteiger partial charge in [0.05, 0.1) is 23.1 Å². The zero-order valence-corrected chi connectivity index (χ0v) is 11.5. The van der Waals surface area contributed by atoms with Crippen molar-refractivity contribution in [3.05, 3.63) is 39.9 Å². The molecule has 2 rings (SSSR count). The summed E-state index contributed by atoms with van der Waals surface area (Å²) in [7, 11) is 0. The van der Waals surface area contributed by atoms with Crippen molar-refractivity contribution < 1.29 is 14.7 Å². The molecule has 2 aromatic heterocycles. The summed E-state index contributed by atoms with van der Waals surface area (Å²) in [5, 5.41) is 14.3. The van der Waals surface area contributed by atoms with Crippen LogP contribution in [0.25, 0.3) is 0 Å². The summed E-state index contributed by atoms with van der Waals surface area (Å²) >= 11 is 1.56. The topological polar surface area (TPSA) is 105 Å². The van der Waals surface area contributed by atoms with Crippen LogP contribution in [0.5, 0.6) is 0 Å². The highest BCUT2D eigenvalue weighted by Crippen LogP contribution is 2.07. The fourth-order valence-electron chi connectivity index (χ4n) is 1.47. The van der Waals surface area contributed by atoms with Crippen molar-refractivity contribution in [2.24, 2.45) is 0 Å². The van der Waals surface area contributed by atoms with Crippen molar-refractivity contribution in [3.8, 4) is 0 Å². The highest BCUT2D eigenvalue weighted by atomic mass is 32.1. The van der Waals surface area contributed by atoms with Gasteiger partial charge in [-0.3, -0.25) is 4.79 Å². The first-order valence-corrected chi connectivity index (χ1v) is 6.69. The summed E-state index contributed by atoms with van der Waals surface area (Å²) in [4.78, 5) is 34.0. The lowest BCUT2D eigenvalue weighted by atomic mass is 10.3. The van der Waals surface area contributed by atoms with Crippen LogP contribution >= 0.6 is 11.3 Å². The lowest BCUT2D eigenvalue weighted by molar-refractivity contribution is 0.0689. The highest BCUT2D eigenvalue weighted by molar-refractivity contribution is 7.09. The van der Waals surface area contributed by atoms with Crippen molar-refractivity contribution in [2.45, 2.75) is 13.3 Å². The molecule has 2 heterocycles. The maximum absolute atomic E-state index is 11.7. The third-order valence-electron chi connectivity index (χ3n) is 2.44. The summed E-state index contributed by atoms with van der Waals surface area (Å²) in [5.41, 5.74) is 0.823. The number of hydrogen-bond acceptors (Lipinski definition) is 6. The predicted molar refractivity (Wildman–Crippen MR) is 71.9 cm³/mol. The first-order chi connectivity index (χ1) is 9.56. The summed E-state index contributed by atoms with van der Waals surface area (Å²) in [5.74, 6) is -1.57. The molecule has 0 aliphatic carbocycles. The molecule has 2 aromatic rings. The van der Waals surface area contributed by atoms with Gasteiger partial charge in [0.1, 0.15) is 5.69 Å². The standard InChI is InChI=1S/C12H12N4O3S/c1-7-16-8(6-20-7)2-3-13-11(17)9-4-15-10(5-14-9)12(18)19/h4-6H,2-3H2,1H3,(H,13,17)(H,18,19). The van der Waals surface area contributed by atoms with Crippen LogP contribution in [0.15, 0.2) is 17.8 Å². The molecule has 0 aliphatic heterocycles. The van der Waals surface area contributed by atoms with Gasteiger partial charge in [-0.1, -0.05) is 0 Å². The minimum atomic E-state index is -1.18. The Balaban J connectivity index is 1.86. The van der Waals surface area contributed by atoms with Gasteiger partial charge < -0.3 is 10.4 Å². The van der Waals surface area contributed by atoms with E-state index in [-0.39, 0.29) is 17.3 Å². The molecular weight excluding hydrogens is 280 g/mol. The summed E-state index contributed by atoms with van der Waals surface area (Å²) < 4.78 is 0. The van der Waals surface area contributed by atoms with E-state index in [0.29, 0.717) is 13.0 Å². The van der Waals surface area contributed by atoms with Gasteiger partial charge in [0.15, 0.2) is 5.69 Å². The van der Waals surface area contributed by atoms with E-state index in [1.807, 2.05) is 12.3 Å². The molecule has 104 valence electrons. The minimum Gasteiger partial charge on any atom is -0.476 e. The molecule has 0 atom stereocenters. The Kier molecular flexibility index (Phi) is 4.36. The highest BCUT2D eigenvalue weighted by Gasteiger charge is 2.10. The fourth-order valence-corrected chi connectivity index (χ4v) is 2.12. The molecule has 0 saturated heterocycles. The Morgan fingerprint density at radius 1 is 1.30 bits per heavy atom. The number of carboxylic acids is 1. The van der Waals surface area contributed by atoms with Crippen LogP contribution in [0.3, 0.4) is 0 Å². The zero-order valence-electron chi connectivity index (χ0n) is 10.7. The van der Waals surface area contributed by atoms with E-state index in [1.54, 1.807) is 11.3 Å². The van der Waals surface area contributed by atoms with Gasteiger partial charge in [-0.15, -0.1) is 11.3 Å². The molecule has 0 aromatic carbocycles. The predicted octanol–water partition coefficient (Wildman–Crippen LogP) is 0.912. The lowest BCUT2D eigenvalue weighted by Crippen LogP contribution is -2.27. The van der Waals surface area contributed by atoms with E-state index in [1.165, 1.54) is 0 Å².